The summed E-state index contributed by atoms with van der Waals surface area (Å²) in [4.78, 5) is 135. The molecule has 0 fully saturated rings. The molecule has 2 aromatic carbocycles. The number of nitrogens with one attached hydrogen (secondary N) is 1. The zero-order chi connectivity index (χ0) is 58.2. The fourth-order valence-electron chi connectivity index (χ4n) is 8.84. The number of benzene rings is 2. The van der Waals surface area contributed by atoms with E-state index >= 15 is 0 Å². The first kappa shape index (κ1) is 58.4. The second-order valence-corrected chi connectivity index (χ2v) is 19.6. The lowest BCUT2D eigenvalue weighted by Gasteiger charge is -2.21. The number of nitrogens with two attached hydrogens (primary N) is 2. The van der Waals surface area contributed by atoms with E-state index in [1.54, 1.807) is 55.9 Å². The number of ketones is 2. The van der Waals surface area contributed by atoms with Crippen molar-refractivity contribution in [3.05, 3.63) is 100 Å². The van der Waals surface area contributed by atoms with Gasteiger partial charge < -0.3 is 48.4 Å². The van der Waals surface area contributed by atoms with Crippen LogP contribution in [-0.4, -0.2) is 119 Å². The topological polar surface area (TPSA) is 346 Å². The minimum absolute atomic E-state index is 0.000580. The molecule has 1 aliphatic rings. The van der Waals surface area contributed by atoms with Crippen LogP contribution in [0.25, 0.3) is 22.1 Å². The second kappa shape index (κ2) is 25.0. The van der Waals surface area contributed by atoms with Gasteiger partial charge in [-0.05, 0) is 64.3 Å². The minimum atomic E-state index is -1.13. The lowest BCUT2D eigenvalue weighted by molar-refractivity contribution is -0.156. The maximum absolute atomic E-state index is 14.0. The third kappa shape index (κ3) is 13.9. The Kier molecular flexibility index (Phi) is 18.3. The van der Waals surface area contributed by atoms with Gasteiger partial charge in [-0.3, -0.25) is 53.4 Å². The van der Waals surface area contributed by atoms with Crippen molar-refractivity contribution < 1.29 is 70.9 Å². The van der Waals surface area contributed by atoms with Gasteiger partial charge in [0.15, 0.2) is 23.3 Å². The van der Waals surface area contributed by atoms with E-state index in [1.165, 1.54) is 31.4 Å². The van der Waals surface area contributed by atoms with Crippen LogP contribution in [0.5, 0.6) is 11.5 Å². The summed E-state index contributed by atoms with van der Waals surface area (Å²) < 4.78 is 37.7. The number of imidazole rings is 2. The standard InChI is InChI=1S/C55H62N10O15/c1-9-35-48(78-29(3)58-35)39(67)27-42-60-37-23-33(51(57)72)26-41(76-20-13-21-77-53(74)31(14-17-45(70)80-55(5,6)7)22-34(66)28-65-43(68)15-16-44(65)69)47(37)63(42)18-11-12-19-64-46-38(24-32(50(56)71)25-40(46)75-8)61-54(64)62-52(73)49-36(10-2)59-30(4)79-49/h11-12,15-16,23-26,31H,9-10,13-14,17-22,27-28H2,1-8H3,(H2,56,71)(H2,57,72)(H,61,62,73)/b12-11+/t31-/m0/s1. The number of anilines is 1. The normalized spacial score (nSPS) is 12.9. The molecule has 25 nitrogen and oxygen atoms in total. The average molecular weight is 1100 g/mol. The number of rotatable bonds is 27. The van der Waals surface area contributed by atoms with E-state index in [-0.39, 0.29) is 109 Å². The van der Waals surface area contributed by atoms with Gasteiger partial charge in [0.25, 0.3) is 17.7 Å². The second-order valence-electron chi connectivity index (χ2n) is 19.6. The Hall–Kier alpha value is -9.29. The van der Waals surface area contributed by atoms with Crippen LogP contribution in [0.2, 0.25) is 0 Å². The molecule has 7 rings (SSSR count). The van der Waals surface area contributed by atoms with E-state index in [1.807, 2.05) is 13.8 Å². The van der Waals surface area contributed by atoms with Crippen molar-refractivity contribution in [1.29, 1.82) is 0 Å². The van der Waals surface area contributed by atoms with E-state index in [4.69, 9.17) is 44.2 Å². The number of amides is 5. The van der Waals surface area contributed by atoms with Gasteiger partial charge in [0.2, 0.25) is 29.3 Å². The number of aromatic nitrogens is 6. The molecule has 5 heterocycles. The summed E-state index contributed by atoms with van der Waals surface area (Å²) >= 11 is 0. The van der Waals surface area contributed by atoms with Gasteiger partial charge in [-0.15, -0.1) is 0 Å². The zero-order valence-corrected chi connectivity index (χ0v) is 45.6. The Morgan fingerprint density at radius 3 is 1.94 bits per heavy atom. The van der Waals surface area contributed by atoms with Crippen molar-refractivity contribution in [2.24, 2.45) is 17.4 Å². The molecule has 422 valence electrons. The molecule has 0 spiro atoms. The summed E-state index contributed by atoms with van der Waals surface area (Å²) in [7, 11) is 1.41. The Labute approximate surface area is 458 Å². The van der Waals surface area contributed by atoms with Crippen molar-refractivity contribution >= 4 is 81.1 Å². The Morgan fingerprint density at radius 1 is 0.762 bits per heavy atom. The summed E-state index contributed by atoms with van der Waals surface area (Å²) in [5.41, 5.74) is 13.0. The van der Waals surface area contributed by atoms with E-state index in [9.17, 15) is 43.2 Å². The van der Waals surface area contributed by atoms with Crippen LogP contribution in [0.3, 0.4) is 0 Å². The zero-order valence-electron chi connectivity index (χ0n) is 45.6. The SMILES string of the molecule is CCc1nc(C)oc1C(=O)Cc1nc2cc(C(N)=O)cc(OCCCOC(=O)[C@@H](CCC(=O)OC(C)(C)C)CC(=O)CN3C(=O)C=CC3=O)c2n1C/C=C/Cn1c(NC(=O)c2oc(C)nc2CC)nc2cc(C(N)=O)cc(OC)c21. The maximum atomic E-state index is 14.0. The van der Waals surface area contributed by atoms with Crippen LogP contribution in [-0.2, 0) is 65.8 Å². The number of aryl methyl sites for hydroxylation is 4. The van der Waals surface area contributed by atoms with Gasteiger partial charge in [-0.25, -0.2) is 19.9 Å². The summed E-state index contributed by atoms with van der Waals surface area (Å²) in [6.45, 7) is 11.1. The number of nitrogens with zero attached hydrogens (tertiary/aromatic N) is 7. The first-order chi connectivity index (χ1) is 38.0. The van der Waals surface area contributed by atoms with Gasteiger partial charge >= 0.3 is 11.9 Å². The lowest BCUT2D eigenvalue weighted by atomic mass is 9.96. The maximum Gasteiger partial charge on any atom is 0.309 e. The molecule has 1 aliphatic heterocycles. The molecule has 1 atom stereocenters. The highest BCUT2D eigenvalue weighted by Crippen LogP contribution is 2.33. The number of carbonyl (C=O) groups excluding carboxylic acids is 9. The molecule has 80 heavy (non-hydrogen) atoms. The van der Waals surface area contributed by atoms with Crippen LogP contribution in [0.15, 0.2) is 57.4 Å². The van der Waals surface area contributed by atoms with Crippen molar-refractivity contribution in [2.75, 3.05) is 32.2 Å². The Bertz CT molecular complexity index is 3480. The average Bonchev–Trinajstić information content (AvgIpc) is 4.22. The number of hydrogen-bond acceptors (Lipinski definition) is 19. The highest BCUT2D eigenvalue weighted by molar-refractivity contribution is 6.14. The van der Waals surface area contributed by atoms with E-state index in [0.29, 0.717) is 47.0 Å². The smallest absolute Gasteiger partial charge is 0.309 e. The number of imide groups is 1. The number of fused-ring (bicyclic) bond motifs is 2. The third-order valence-electron chi connectivity index (χ3n) is 12.5. The first-order valence-corrected chi connectivity index (χ1v) is 25.7. The number of Topliss-reactive ketones (excluding diaryl/α,β-unsaturated/α-hetero) is 2. The van der Waals surface area contributed by atoms with Crippen molar-refractivity contribution in [2.45, 2.75) is 112 Å². The number of ether oxygens (including phenoxy) is 4. The van der Waals surface area contributed by atoms with Gasteiger partial charge in [-0.1, -0.05) is 26.0 Å². The monoisotopic (exact) mass is 1100 g/mol. The summed E-state index contributed by atoms with van der Waals surface area (Å²) in [5, 5.41) is 2.81. The van der Waals surface area contributed by atoms with Gasteiger partial charge in [0.05, 0.1) is 61.6 Å². The molecule has 0 saturated heterocycles. The third-order valence-corrected chi connectivity index (χ3v) is 12.5. The van der Waals surface area contributed by atoms with Crippen molar-refractivity contribution in [3.8, 4) is 11.5 Å². The van der Waals surface area contributed by atoms with Crippen molar-refractivity contribution in [3.63, 3.8) is 0 Å². The Morgan fingerprint density at radius 2 is 1.34 bits per heavy atom. The number of esters is 2. The molecule has 0 aliphatic carbocycles. The fourth-order valence-corrected chi connectivity index (χ4v) is 8.84. The molecule has 25 heteroatoms. The minimum Gasteiger partial charge on any atom is -0.494 e. The molecular weight excluding hydrogens is 1040 g/mol. The molecule has 0 unspecified atom stereocenters. The lowest BCUT2D eigenvalue weighted by Crippen LogP contribution is -2.36. The molecule has 5 N–H and O–H groups in total. The van der Waals surface area contributed by atoms with Crippen LogP contribution in [0.1, 0.15) is 131 Å². The number of carbonyl (C=O) groups is 9. The summed E-state index contributed by atoms with van der Waals surface area (Å²) in [6.07, 6.45) is 5.42. The highest BCUT2D eigenvalue weighted by atomic mass is 16.6. The molecule has 0 bridgehead atoms. The molecule has 5 amide bonds. The summed E-state index contributed by atoms with van der Waals surface area (Å²) in [6, 6.07) is 5.81. The van der Waals surface area contributed by atoms with Gasteiger partial charge in [0, 0.05) is 69.5 Å². The molecule has 0 saturated carbocycles. The van der Waals surface area contributed by atoms with E-state index in [2.05, 4.69) is 20.3 Å². The van der Waals surface area contributed by atoms with Crippen LogP contribution >= 0.6 is 0 Å². The van der Waals surface area contributed by atoms with Crippen LogP contribution < -0.4 is 26.3 Å². The molecule has 0 radical (unpaired) electrons. The van der Waals surface area contributed by atoms with Gasteiger partial charge in [0.1, 0.15) is 34.0 Å². The molecule has 4 aromatic heterocycles. The number of hydrogen-bond donors (Lipinski definition) is 3. The predicted octanol–water partition coefficient (Wildman–Crippen LogP) is 5.18. The molecular formula is C55H62N10O15. The Balaban J connectivity index is 1.16. The number of oxazole rings is 2. The van der Waals surface area contributed by atoms with Crippen LogP contribution in [0.4, 0.5) is 5.95 Å². The quantitative estimate of drug-likeness (QED) is 0.0197. The predicted molar refractivity (Wildman–Crippen MR) is 285 cm³/mol. The van der Waals surface area contributed by atoms with Gasteiger partial charge in [-0.2, -0.15) is 0 Å². The number of allylic oxidation sites excluding steroid dienone is 2. The molecule has 6 aromatic rings. The number of methoxy groups -OCH3 is 1. The number of primary amides is 2. The largest absolute Gasteiger partial charge is 0.494 e. The van der Waals surface area contributed by atoms with E-state index < -0.39 is 77.5 Å². The fraction of sp³-hybridized carbons (Fsp3) is 0.400. The summed E-state index contributed by atoms with van der Waals surface area (Å²) in [5.74, 6) is -5.75. The first-order valence-electron chi connectivity index (χ1n) is 25.7. The van der Waals surface area contributed by atoms with Crippen LogP contribution in [0, 0.1) is 19.8 Å². The van der Waals surface area contributed by atoms with Crippen molar-refractivity contribution in [1.82, 2.24) is 34.0 Å². The van der Waals surface area contributed by atoms with E-state index in [0.717, 1.165) is 17.1 Å². The highest BCUT2D eigenvalue weighted by Gasteiger charge is 2.31.